The van der Waals surface area contributed by atoms with Crippen molar-refractivity contribution in [2.75, 3.05) is 20.6 Å². The number of quaternary nitrogens is 1. The van der Waals surface area contributed by atoms with Crippen molar-refractivity contribution in [1.29, 1.82) is 0 Å². The predicted molar refractivity (Wildman–Crippen MR) is 206 cm³/mol. The molecule has 0 fully saturated rings. The standard InChI is InChI=1S/C24BF20.C20H43N/c26-5-1(6(27)14(35)21(42)13(5)34)25(2-7(28)15(36)22(43)16(37)8(2)29,3-9(30)17(38)23(44)18(39)10(3)31)4-11(32)19(40)24(45)20(41)12(4)33;1-4-5-6-7-8-9-10-11-12-13-14-15-16-17-18-19-20-21(2)3/h;4-20H2,1-3H3/q-1;/p+1. The molecule has 0 heterocycles. The van der Waals surface area contributed by atoms with Crippen LogP contribution in [0.25, 0.3) is 0 Å². The van der Waals surface area contributed by atoms with E-state index in [0.717, 1.165) is 0 Å². The van der Waals surface area contributed by atoms with Crippen LogP contribution in [0.1, 0.15) is 110 Å². The Morgan fingerprint density at radius 1 is 0.242 bits per heavy atom. The third kappa shape index (κ3) is 11.4. The van der Waals surface area contributed by atoms with Crippen LogP contribution in [-0.4, -0.2) is 26.8 Å². The molecule has 0 bridgehead atoms. The van der Waals surface area contributed by atoms with Crippen LogP contribution in [0.4, 0.5) is 87.8 Å². The molecular formula is C44H44BF20N. The lowest BCUT2D eigenvalue weighted by Gasteiger charge is -2.44. The predicted octanol–water partition coefficient (Wildman–Crippen LogP) is 11.2. The molecule has 0 spiro atoms. The van der Waals surface area contributed by atoms with Crippen molar-refractivity contribution in [3.8, 4) is 0 Å². The van der Waals surface area contributed by atoms with Gasteiger partial charge in [0.2, 0.25) is 0 Å². The molecule has 1 N–H and O–H groups in total. The van der Waals surface area contributed by atoms with Gasteiger partial charge in [0, 0.05) is 0 Å². The fraction of sp³-hybridized carbons (Fsp3) is 0.455. The van der Waals surface area contributed by atoms with Crippen molar-refractivity contribution in [2.45, 2.75) is 110 Å². The molecule has 368 valence electrons. The number of nitrogens with one attached hydrogen (secondary N) is 1. The van der Waals surface area contributed by atoms with E-state index in [2.05, 4.69) is 21.0 Å². The summed E-state index contributed by atoms with van der Waals surface area (Å²) < 4.78 is 294. The number of benzene rings is 4. The number of hydrogen-bond acceptors (Lipinski definition) is 0. The summed E-state index contributed by atoms with van der Waals surface area (Å²) in [5.74, 6) is -71.4. The summed E-state index contributed by atoms with van der Waals surface area (Å²) in [4.78, 5) is 1.60. The molecule has 0 aliphatic carbocycles. The Morgan fingerprint density at radius 3 is 0.561 bits per heavy atom. The molecule has 0 aliphatic rings. The molecule has 0 radical (unpaired) electrons. The van der Waals surface area contributed by atoms with Gasteiger partial charge in [-0.1, -0.05) is 96.8 Å². The highest BCUT2D eigenvalue weighted by molar-refractivity contribution is 7.20. The molecule has 22 heteroatoms. The van der Waals surface area contributed by atoms with E-state index in [4.69, 9.17) is 0 Å². The smallest absolute Gasteiger partial charge is 0.200 e. The summed E-state index contributed by atoms with van der Waals surface area (Å²) in [6.07, 6.45) is 16.2. The van der Waals surface area contributed by atoms with Crippen LogP contribution in [0.15, 0.2) is 0 Å². The lowest BCUT2D eigenvalue weighted by Crippen LogP contribution is -3.05. The normalized spacial score (nSPS) is 11.8. The summed E-state index contributed by atoms with van der Waals surface area (Å²) in [5, 5.41) is 0. The Balaban J connectivity index is 0.000000464. The van der Waals surface area contributed by atoms with Gasteiger partial charge in [0.1, 0.15) is 52.7 Å². The second-order valence-electron chi connectivity index (χ2n) is 16.1. The number of rotatable bonds is 21. The van der Waals surface area contributed by atoms with Gasteiger partial charge in [-0.05, 0) is 12.8 Å². The molecule has 0 aliphatic heterocycles. The zero-order chi connectivity index (χ0) is 50.0. The lowest BCUT2D eigenvalue weighted by molar-refractivity contribution is -0.858. The number of unbranched alkanes of at least 4 members (excludes halogenated alkanes) is 15. The molecule has 0 amide bonds. The Hall–Kier alpha value is -4.50. The van der Waals surface area contributed by atoms with E-state index in [9.17, 15) is 52.7 Å². The van der Waals surface area contributed by atoms with E-state index >= 15 is 35.1 Å². The molecule has 0 saturated carbocycles. The van der Waals surface area contributed by atoms with Gasteiger partial charge in [-0.2, -0.15) is 0 Å². The topological polar surface area (TPSA) is 4.44 Å². The summed E-state index contributed by atoms with van der Waals surface area (Å²) >= 11 is 0. The Kier molecular flexibility index (Phi) is 20.7. The highest BCUT2D eigenvalue weighted by Crippen LogP contribution is 2.31. The molecule has 66 heavy (non-hydrogen) atoms. The van der Waals surface area contributed by atoms with Gasteiger partial charge in [-0.15, -0.1) is 21.9 Å². The van der Waals surface area contributed by atoms with Crippen LogP contribution >= 0.6 is 0 Å². The summed E-state index contributed by atoms with van der Waals surface area (Å²) in [6.45, 7) is 3.64. The van der Waals surface area contributed by atoms with Crippen LogP contribution in [0.3, 0.4) is 0 Å². The molecule has 0 saturated heterocycles. The molecule has 0 atom stereocenters. The van der Waals surface area contributed by atoms with Crippen molar-refractivity contribution in [2.24, 2.45) is 0 Å². The van der Waals surface area contributed by atoms with Crippen LogP contribution in [0, 0.1) is 116 Å². The quantitative estimate of drug-likeness (QED) is 0.0279. The summed E-state index contributed by atoms with van der Waals surface area (Å²) in [6, 6.07) is 0. The summed E-state index contributed by atoms with van der Waals surface area (Å²) in [7, 11) is 4.51. The monoisotopic (exact) mass is 977 g/mol. The average molecular weight is 978 g/mol. The minimum absolute atomic E-state index is 1.35. The van der Waals surface area contributed by atoms with Gasteiger partial charge in [-0.25, -0.2) is 87.8 Å². The lowest BCUT2D eigenvalue weighted by atomic mass is 9.12. The van der Waals surface area contributed by atoms with Gasteiger partial charge < -0.3 is 4.90 Å². The van der Waals surface area contributed by atoms with E-state index in [1.54, 1.807) is 4.90 Å². The number of halogens is 20. The molecule has 0 unspecified atom stereocenters. The minimum atomic E-state index is -7.22. The van der Waals surface area contributed by atoms with Crippen LogP contribution in [0.5, 0.6) is 0 Å². The maximum absolute atomic E-state index is 15.4. The van der Waals surface area contributed by atoms with Crippen molar-refractivity contribution in [3.63, 3.8) is 0 Å². The highest BCUT2D eigenvalue weighted by Gasteiger charge is 2.52. The van der Waals surface area contributed by atoms with E-state index in [-0.39, 0.29) is 0 Å². The third-order valence-electron chi connectivity index (χ3n) is 11.2. The van der Waals surface area contributed by atoms with Gasteiger partial charge in [0.15, 0.2) is 69.8 Å². The van der Waals surface area contributed by atoms with Gasteiger partial charge >= 0.3 is 0 Å². The van der Waals surface area contributed by atoms with Crippen LogP contribution < -0.4 is 26.8 Å². The van der Waals surface area contributed by atoms with Crippen molar-refractivity contribution in [3.05, 3.63) is 116 Å². The van der Waals surface area contributed by atoms with E-state index in [1.165, 1.54) is 109 Å². The molecule has 4 aromatic carbocycles. The first-order valence-corrected chi connectivity index (χ1v) is 21.0. The average Bonchev–Trinajstić information content (AvgIpc) is 3.28. The molecular weight excluding hydrogens is 933 g/mol. The van der Waals surface area contributed by atoms with E-state index < -0.39 is 144 Å². The Bertz CT molecular complexity index is 1940. The fourth-order valence-corrected chi connectivity index (χ4v) is 7.90. The second kappa shape index (κ2) is 24.5. The highest BCUT2D eigenvalue weighted by atomic mass is 19.2. The maximum atomic E-state index is 15.4. The summed E-state index contributed by atoms with van der Waals surface area (Å²) in [5.41, 5.74) is -14.3. The molecule has 4 rings (SSSR count). The SMILES string of the molecule is CCCCCCCCCCCCCCCCCC[NH+](C)C.Fc1c(F)c(F)c([B-](c2c(F)c(F)c(F)c(F)c2F)(c2c(F)c(F)c(F)c(F)c2F)c2c(F)c(F)c(F)c(F)c2F)c(F)c1F. The van der Waals surface area contributed by atoms with Gasteiger partial charge in [0.25, 0.3) is 0 Å². The third-order valence-corrected chi connectivity index (χ3v) is 11.2. The zero-order valence-corrected chi connectivity index (χ0v) is 35.7. The van der Waals surface area contributed by atoms with E-state index in [0.29, 0.717) is 0 Å². The Labute approximate surface area is 367 Å². The van der Waals surface area contributed by atoms with Crippen molar-refractivity contribution < 1.29 is 92.7 Å². The Morgan fingerprint density at radius 2 is 0.394 bits per heavy atom. The molecule has 0 aromatic heterocycles. The molecule has 4 aromatic rings. The van der Waals surface area contributed by atoms with Crippen LogP contribution in [-0.2, 0) is 0 Å². The molecule has 1 nitrogen and oxygen atoms in total. The van der Waals surface area contributed by atoms with Crippen LogP contribution in [0.2, 0.25) is 0 Å². The number of hydrogen-bond donors (Lipinski definition) is 1. The minimum Gasteiger partial charge on any atom is -0.340 e. The van der Waals surface area contributed by atoms with Crippen molar-refractivity contribution >= 4 is 28.0 Å². The van der Waals surface area contributed by atoms with Gasteiger partial charge in [-0.3, -0.25) is 0 Å². The largest absolute Gasteiger partial charge is 0.340 e. The van der Waals surface area contributed by atoms with Crippen molar-refractivity contribution in [1.82, 2.24) is 0 Å². The fourth-order valence-electron chi connectivity index (χ4n) is 7.90. The first kappa shape index (κ1) is 55.8. The van der Waals surface area contributed by atoms with E-state index in [1.807, 2.05) is 0 Å². The zero-order valence-electron chi connectivity index (χ0n) is 35.7. The second-order valence-corrected chi connectivity index (χ2v) is 16.1. The maximum Gasteiger partial charge on any atom is 0.200 e. The first-order chi connectivity index (χ1) is 31.0. The first-order valence-electron chi connectivity index (χ1n) is 21.0. The van der Waals surface area contributed by atoms with Gasteiger partial charge in [0.05, 0.1) is 20.6 Å².